The lowest BCUT2D eigenvalue weighted by molar-refractivity contribution is -0.138. The average Bonchev–Trinajstić information content (AvgIpc) is 2.75. The Morgan fingerprint density at radius 3 is 2.94 bits per heavy atom. The Morgan fingerprint density at radius 2 is 2.24 bits per heavy atom. The van der Waals surface area contributed by atoms with Crippen LogP contribution in [0.1, 0.15) is 17.3 Å². The average molecular weight is 233 g/mol. The minimum Gasteiger partial charge on any atom is -0.480 e. The van der Waals surface area contributed by atoms with Gasteiger partial charge in [-0.15, -0.1) is 0 Å². The summed E-state index contributed by atoms with van der Waals surface area (Å²) in [5.74, 6) is -1.49. The van der Waals surface area contributed by atoms with Gasteiger partial charge in [0.25, 0.3) is 5.91 Å². The molecule has 1 aromatic heterocycles. The van der Waals surface area contributed by atoms with Crippen LogP contribution in [0, 0.1) is 0 Å². The number of carbonyl (C=O) groups excluding carboxylic acids is 1. The van der Waals surface area contributed by atoms with Gasteiger partial charge in [-0.25, -0.2) is 4.98 Å². The number of fused-ring (bicyclic) bond motifs is 1. The van der Waals surface area contributed by atoms with Crippen LogP contribution >= 0.6 is 0 Å². The van der Waals surface area contributed by atoms with E-state index in [0.29, 0.717) is 5.56 Å². The molecule has 0 unspecified atom stereocenters. The van der Waals surface area contributed by atoms with Crippen molar-refractivity contribution in [1.29, 1.82) is 0 Å². The molecule has 2 rings (SSSR count). The maximum Gasteiger partial charge on any atom is 0.325 e. The molecule has 0 radical (unpaired) electrons. The molecule has 1 aromatic carbocycles. The number of aromatic amines is 1. The number of aromatic nitrogens is 2. The van der Waals surface area contributed by atoms with Crippen LogP contribution in [-0.4, -0.2) is 33.0 Å². The van der Waals surface area contributed by atoms with Crippen LogP contribution < -0.4 is 5.32 Å². The molecule has 3 N–H and O–H groups in total. The van der Waals surface area contributed by atoms with Crippen LogP contribution in [0.3, 0.4) is 0 Å². The highest BCUT2D eigenvalue weighted by Crippen LogP contribution is 2.11. The summed E-state index contributed by atoms with van der Waals surface area (Å²) >= 11 is 0. The number of nitrogens with zero attached hydrogens (tertiary/aromatic N) is 1. The Morgan fingerprint density at radius 1 is 1.47 bits per heavy atom. The number of amides is 1. The Labute approximate surface area is 96.7 Å². The van der Waals surface area contributed by atoms with Gasteiger partial charge in [-0.2, -0.15) is 0 Å². The van der Waals surface area contributed by atoms with Gasteiger partial charge in [-0.1, -0.05) is 0 Å². The summed E-state index contributed by atoms with van der Waals surface area (Å²) in [7, 11) is 0. The SMILES string of the molecule is C[C@H](NC(=O)c1ccc2nc[nH]c2c1)C(=O)O. The fourth-order valence-corrected chi connectivity index (χ4v) is 1.42. The molecule has 0 saturated carbocycles. The summed E-state index contributed by atoms with van der Waals surface area (Å²) in [6.07, 6.45) is 1.53. The summed E-state index contributed by atoms with van der Waals surface area (Å²) in [4.78, 5) is 29.2. The molecular weight excluding hydrogens is 222 g/mol. The van der Waals surface area contributed by atoms with Crippen molar-refractivity contribution in [1.82, 2.24) is 15.3 Å². The number of carboxylic acids is 1. The first-order valence-corrected chi connectivity index (χ1v) is 5.05. The predicted molar refractivity (Wildman–Crippen MR) is 60.7 cm³/mol. The molecule has 0 bridgehead atoms. The van der Waals surface area contributed by atoms with Crippen molar-refractivity contribution in [3.8, 4) is 0 Å². The van der Waals surface area contributed by atoms with E-state index in [-0.39, 0.29) is 0 Å². The second kappa shape index (κ2) is 4.25. The Kier molecular flexibility index (Phi) is 2.78. The first-order chi connectivity index (χ1) is 8.08. The lowest BCUT2D eigenvalue weighted by atomic mass is 10.2. The Hall–Kier alpha value is -2.37. The topological polar surface area (TPSA) is 95.1 Å². The summed E-state index contributed by atoms with van der Waals surface area (Å²) in [6.45, 7) is 1.41. The van der Waals surface area contributed by atoms with Crippen LogP contribution in [0.25, 0.3) is 11.0 Å². The van der Waals surface area contributed by atoms with Gasteiger partial charge >= 0.3 is 5.97 Å². The zero-order chi connectivity index (χ0) is 12.4. The Bertz CT molecular complexity index is 576. The molecule has 1 amide bonds. The van der Waals surface area contributed by atoms with Crippen LogP contribution in [0.5, 0.6) is 0 Å². The Balaban J connectivity index is 2.21. The molecule has 1 atom stereocenters. The number of carboxylic acid groups (broad SMARTS) is 1. The lowest BCUT2D eigenvalue weighted by Crippen LogP contribution is -2.38. The number of benzene rings is 1. The number of hydrogen-bond acceptors (Lipinski definition) is 3. The van der Waals surface area contributed by atoms with Crippen molar-refractivity contribution in [3.63, 3.8) is 0 Å². The van der Waals surface area contributed by atoms with Crippen molar-refractivity contribution in [2.45, 2.75) is 13.0 Å². The summed E-state index contributed by atoms with van der Waals surface area (Å²) in [5, 5.41) is 11.1. The minimum atomic E-state index is -1.07. The number of imidazole rings is 1. The van der Waals surface area contributed by atoms with Crippen LogP contribution in [0.4, 0.5) is 0 Å². The largest absolute Gasteiger partial charge is 0.480 e. The smallest absolute Gasteiger partial charge is 0.325 e. The lowest BCUT2D eigenvalue weighted by Gasteiger charge is -2.08. The van der Waals surface area contributed by atoms with Crippen LogP contribution in [0.15, 0.2) is 24.5 Å². The molecule has 0 fully saturated rings. The van der Waals surface area contributed by atoms with Gasteiger partial charge in [0, 0.05) is 5.56 Å². The maximum atomic E-state index is 11.7. The van der Waals surface area contributed by atoms with Crippen molar-refractivity contribution in [2.24, 2.45) is 0 Å². The molecule has 88 valence electrons. The van der Waals surface area contributed by atoms with E-state index in [1.165, 1.54) is 13.3 Å². The molecule has 0 aliphatic rings. The quantitative estimate of drug-likeness (QED) is 0.729. The van der Waals surface area contributed by atoms with E-state index in [2.05, 4.69) is 15.3 Å². The highest BCUT2D eigenvalue weighted by Gasteiger charge is 2.15. The molecule has 0 spiro atoms. The van der Waals surface area contributed by atoms with Crippen molar-refractivity contribution in [3.05, 3.63) is 30.1 Å². The summed E-state index contributed by atoms with van der Waals surface area (Å²) < 4.78 is 0. The van der Waals surface area contributed by atoms with Gasteiger partial charge in [0.05, 0.1) is 17.4 Å². The second-order valence-corrected chi connectivity index (χ2v) is 3.67. The molecule has 0 aliphatic heterocycles. The third-order valence-electron chi connectivity index (χ3n) is 2.40. The van der Waals surface area contributed by atoms with Crippen LogP contribution in [0.2, 0.25) is 0 Å². The van der Waals surface area contributed by atoms with E-state index in [0.717, 1.165) is 11.0 Å². The normalized spacial score (nSPS) is 12.3. The third kappa shape index (κ3) is 2.25. The number of carbonyl (C=O) groups is 2. The standard InChI is InChI=1S/C11H11N3O3/c1-6(11(16)17)14-10(15)7-2-3-8-9(4-7)13-5-12-8/h2-6H,1H3,(H,12,13)(H,14,15)(H,16,17)/t6-/m0/s1. The summed E-state index contributed by atoms with van der Waals surface area (Å²) in [6, 6.07) is 4.02. The molecule has 0 aliphatic carbocycles. The molecule has 6 nitrogen and oxygen atoms in total. The zero-order valence-electron chi connectivity index (χ0n) is 9.10. The van der Waals surface area contributed by atoms with Crippen molar-refractivity contribution in [2.75, 3.05) is 0 Å². The van der Waals surface area contributed by atoms with Gasteiger partial charge in [0.2, 0.25) is 0 Å². The number of H-pyrrole nitrogens is 1. The number of hydrogen-bond donors (Lipinski definition) is 3. The number of nitrogens with one attached hydrogen (secondary N) is 2. The van der Waals surface area contributed by atoms with E-state index in [1.807, 2.05) is 0 Å². The maximum absolute atomic E-state index is 11.7. The number of aliphatic carboxylic acids is 1. The first-order valence-electron chi connectivity index (χ1n) is 5.05. The fourth-order valence-electron chi connectivity index (χ4n) is 1.42. The third-order valence-corrected chi connectivity index (χ3v) is 2.40. The van der Waals surface area contributed by atoms with Gasteiger partial charge in [-0.3, -0.25) is 9.59 Å². The molecule has 1 heterocycles. The summed E-state index contributed by atoms with van der Waals surface area (Å²) in [5.41, 5.74) is 1.89. The van der Waals surface area contributed by atoms with E-state index in [9.17, 15) is 9.59 Å². The van der Waals surface area contributed by atoms with Crippen LogP contribution in [-0.2, 0) is 4.79 Å². The molecule has 6 heteroatoms. The van der Waals surface area contributed by atoms with Crippen molar-refractivity contribution < 1.29 is 14.7 Å². The molecule has 17 heavy (non-hydrogen) atoms. The van der Waals surface area contributed by atoms with Crippen molar-refractivity contribution >= 4 is 22.9 Å². The first kappa shape index (κ1) is 11.1. The highest BCUT2D eigenvalue weighted by molar-refractivity contribution is 5.98. The second-order valence-electron chi connectivity index (χ2n) is 3.67. The van der Waals surface area contributed by atoms with Gasteiger partial charge in [-0.05, 0) is 25.1 Å². The molecule has 0 saturated heterocycles. The molecule has 2 aromatic rings. The van der Waals surface area contributed by atoms with Gasteiger partial charge in [0.15, 0.2) is 0 Å². The monoisotopic (exact) mass is 233 g/mol. The van der Waals surface area contributed by atoms with E-state index < -0.39 is 17.9 Å². The van der Waals surface area contributed by atoms with Gasteiger partial charge < -0.3 is 15.4 Å². The highest BCUT2D eigenvalue weighted by atomic mass is 16.4. The zero-order valence-corrected chi connectivity index (χ0v) is 9.10. The van der Waals surface area contributed by atoms with E-state index >= 15 is 0 Å². The fraction of sp³-hybridized carbons (Fsp3) is 0.182. The van der Waals surface area contributed by atoms with E-state index in [4.69, 9.17) is 5.11 Å². The molecular formula is C11H11N3O3. The predicted octanol–water partition coefficient (Wildman–Crippen LogP) is 0.766. The number of rotatable bonds is 3. The minimum absolute atomic E-state index is 0.398. The van der Waals surface area contributed by atoms with Gasteiger partial charge in [0.1, 0.15) is 6.04 Å². The van der Waals surface area contributed by atoms with E-state index in [1.54, 1.807) is 18.2 Å².